The van der Waals surface area contributed by atoms with E-state index in [-0.39, 0.29) is 12.4 Å². The molecule has 0 fully saturated rings. The molecule has 0 aliphatic carbocycles. The fourth-order valence-electron chi connectivity index (χ4n) is 2.67. The lowest BCUT2D eigenvalue weighted by atomic mass is 9.87. The van der Waals surface area contributed by atoms with Crippen LogP contribution in [0.15, 0.2) is 60.7 Å². The van der Waals surface area contributed by atoms with Crippen LogP contribution in [0, 0.1) is 0 Å². The van der Waals surface area contributed by atoms with Crippen LogP contribution in [0.3, 0.4) is 0 Å². The molecule has 0 aliphatic rings. The summed E-state index contributed by atoms with van der Waals surface area (Å²) < 4.78 is 0. The molecule has 2 aromatic carbocycles. The largest absolute Gasteiger partial charge is 0.147 e. The standard InChI is InChI=1S/C19H24.ClH/c1-2-3-4-11-16-19(17-12-7-5-8-13-17)18-14-9-6-10-15-18;/h5-10,12-15,19H,2-4,11,16H2,1H3;1H. The zero-order valence-electron chi connectivity index (χ0n) is 12.3. The van der Waals surface area contributed by atoms with Crippen LogP contribution in [-0.4, -0.2) is 0 Å². The van der Waals surface area contributed by atoms with Crippen molar-refractivity contribution < 1.29 is 0 Å². The van der Waals surface area contributed by atoms with Gasteiger partial charge in [0.25, 0.3) is 0 Å². The minimum atomic E-state index is 0. The highest BCUT2D eigenvalue weighted by Crippen LogP contribution is 2.29. The molecule has 0 atom stereocenters. The Kier molecular flexibility index (Phi) is 8.06. The van der Waals surface area contributed by atoms with E-state index in [1.165, 1.54) is 43.2 Å². The molecule has 1 heteroatoms. The van der Waals surface area contributed by atoms with Gasteiger partial charge in [0.1, 0.15) is 0 Å². The predicted molar refractivity (Wildman–Crippen MR) is 90.7 cm³/mol. The fraction of sp³-hybridized carbons (Fsp3) is 0.368. The summed E-state index contributed by atoms with van der Waals surface area (Å²) in [6, 6.07) is 21.8. The first kappa shape index (κ1) is 16.8. The molecule has 0 saturated heterocycles. The zero-order valence-corrected chi connectivity index (χ0v) is 13.1. The van der Waals surface area contributed by atoms with Gasteiger partial charge in [-0.05, 0) is 17.5 Å². The summed E-state index contributed by atoms with van der Waals surface area (Å²) in [4.78, 5) is 0. The Morgan fingerprint density at radius 2 is 1.20 bits per heavy atom. The molecule has 0 bridgehead atoms. The molecular weight excluding hydrogens is 264 g/mol. The van der Waals surface area contributed by atoms with E-state index < -0.39 is 0 Å². The Morgan fingerprint density at radius 1 is 0.700 bits per heavy atom. The molecule has 0 spiro atoms. The second-order valence-corrected chi connectivity index (χ2v) is 5.22. The van der Waals surface area contributed by atoms with Gasteiger partial charge in [0.05, 0.1) is 0 Å². The molecule has 0 N–H and O–H groups in total. The molecule has 108 valence electrons. The summed E-state index contributed by atoms with van der Waals surface area (Å²) in [5, 5.41) is 0. The van der Waals surface area contributed by atoms with Gasteiger partial charge in [0.2, 0.25) is 0 Å². The molecule has 0 heterocycles. The zero-order chi connectivity index (χ0) is 13.3. The molecule has 20 heavy (non-hydrogen) atoms. The van der Waals surface area contributed by atoms with Gasteiger partial charge in [-0.2, -0.15) is 0 Å². The molecular formula is C19H25Cl. The number of rotatable bonds is 7. The minimum Gasteiger partial charge on any atom is -0.147 e. The average Bonchev–Trinajstić information content (AvgIpc) is 2.49. The van der Waals surface area contributed by atoms with Crippen LogP contribution in [0.1, 0.15) is 56.1 Å². The Bertz CT molecular complexity index is 410. The fourth-order valence-corrected chi connectivity index (χ4v) is 2.67. The van der Waals surface area contributed by atoms with Crippen molar-refractivity contribution in [2.75, 3.05) is 0 Å². The van der Waals surface area contributed by atoms with Crippen molar-refractivity contribution >= 4 is 12.4 Å². The van der Waals surface area contributed by atoms with Crippen LogP contribution in [0.2, 0.25) is 0 Å². The maximum Gasteiger partial charge on any atom is 0.00893 e. The van der Waals surface area contributed by atoms with Crippen LogP contribution in [0.5, 0.6) is 0 Å². The quantitative estimate of drug-likeness (QED) is 0.531. The van der Waals surface area contributed by atoms with Crippen molar-refractivity contribution in [2.24, 2.45) is 0 Å². The van der Waals surface area contributed by atoms with Gasteiger partial charge in [-0.1, -0.05) is 93.3 Å². The maximum absolute atomic E-state index is 2.27. The number of unbranched alkanes of at least 4 members (excludes halogenated alkanes) is 3. The summed E-state index contributed by atoms with van der Waals surface area (Å²) in [6.45, 7) is 2.27. The van der Waals surface area contributed by atoms with Crippen LogP contribution in [0.4, 0.5) is 0 Å². The summed E-state index contributed by atoms with van der Waals surface area (Å²) in [5.41, 5.74) is 2.90. The summed E-state index contributed by atoms with van der Waals surface area (Å²) in [6.07, 6.45) is 6.60. The monoisotopic (exact) mass is 288 g/mol. The maximum atomic E-state index is 2.27. The molecule has 0 radical (unpaired) electrons. The van der Waals surface area contributed by atoms with Crippen LogP contribution in [-0.2, 0) is 0 Å². The molecule has 2 rings (SSSR count). The summed E-state index contributed by atoms with van der Waals surface area (Å²) >= 11 is 0. The van der Waals surface area contributed by atoms with Crippen LogP contribution in [0.25, 0.3) is 0 Å². The molecule has 2 aromatic rings. The van der Waals surface area contributed by atoms with Crippen molar-refractivity contribution in [1.29, 1.82) is 0 Å². The van der Waals surface area contributed by atoms with Gasteiger partial charge in [0.15, 0.2) is 0 Å². The van der Waals surface area contributed by atoms with Crippen molar-refractivity contribution in [3.05, 3.63) is 71.8 Å². The third-order valence-electron chi connectivity index (χ3n) is 3.75. The van der Waals surface area contributed by atoms with E-state index >= 15 is 0 Å². The molecule has 0 amide bonds. The molecule has 0 aromatic heterocycles. The summed E-state index contributed by atoms with van der Waals surface area (Å²) in [5.74, 6) is 0.555. The third-order valence-corrected chi connectivity index (χ3v) is 3.75. The Morgan fingerprint density at radius 3 is 1.65 bits per heavy atom. The molecule has 0 saturated carbocycles. The highest BCUT2D eigenvalue weighted by molar-refractivity contribution is 5.85. The minimum absolute atomic E-state index is 0. The van der Waals surface area contributed by atoms with Crippen molar-refractivity contribution in [2.45, 2.75) is 44.9 Å². The van der Waals surface area contributed by atoms with E-state index in [9.17, 15) is 0 Å². The van der Waals surface area contributed by atoms with E-state index in [0.29, 0.717) is 5.92 Å². The van der Waals surface area contributed by atoms with E-state index in [1.807, 2.05) is 0 Å². The normalized spacial score (nSPS) is 10.3. The first-order chi connectivity index (χ1) is 9.42. The Labute approximate surface area is 129 Å². The second kappa shape index (κ2) is 9.61. The van der Waals surface area contributed by atoms with E-state index in [0.717, 1.165) is 0 Å². The van der Waals surface area contributed by atoms with Gasteiger partial charge in [-0.25, -0.2) is 0 Å². The lowest BCUT2D eigenvalue weighted by Gasteiger charge is -2.18. The highest BCUT2D eigenvalue weighted by atomic mass is 35.5. The Balaban J connectivity index is 0.00000200. The topological polar surface area (TPSA) is 0 Å². The molecule has 0 nitrogen and oxygen atoms in total. The predicted octanol–water partition coefficient (Wildman–Crippen LogP) is 6.21. The van der Waals surface area contributed by atoms with Crippen LogP contribution >= 0.6 is 12.4 Å². The number of hydrogen-bond acceptors (Lipinski definition) is 0. The Hall–Kier alpha value is -1.27. The second-order valence-electron chi connectivity index (χ2n) is 5.22. The van der Waals surface area contributed by atoms with Gasteiger partial charge in [0, 0.05) is 5.92 Å². The smallest absolute Gasteiger partial charge is 0.00893 e. The molecule has 0 unspecified atom stereocenters. The van der Waals surface area contributed by atoms with Gasteiger partial charge < -0.3 is 0 Å². The van der Waals surface area contributed by atoms with Crippen molar-refractivity contribution in [1.82, 2.24) is 0 Å². The third kappa shape index (κ3) is 5.02. The van der Waals surface area contributed by atoms with Gasteiger partial charge in [-0.3, -0.25) is 0 Å². The van der Waals surface area contributed by atoms with E-state index in [4.69, 9.17) is 0 Å². The first-order valence-corrected chi connectivity index (χ1v) is 7.51. The number of benzene rings is 2. The van der Waals surface area contributed by atoms with Gasteiger partial charge >= 0.3 is 0 Å². The number of halogens is 1. The first-order valence-electron chi connectivity index (χ1n) is 7.51. The average molecular weight is 289 g/mol. The van der Waals surface area contributed by atoms with Gasteiger partial charge in [-0.15, -0.1) is 12.4 Å². The lowest BCUT2D eigenvalue weighted by molar-refractivity contribution is 0.596. The van der Waals surface area contributed by atoms with E-state index in [1.54, 1.807) is 0 Å². The van der Waals surface area contributed by atoms with Crippen molar-refractivity contribution in [3.8, 4) is 0 Å². The van der Waals surface area contributed by atoms with Crippen LogP contribution < -0.4 is 0 Å². The van der Waals surface area contributed by atoms with E-state index in [2.05, 4.69) is 67.6 Å². The summed E-state index contributed by atoms with van der Waals surface area (Å²) in [7, 11) is 0. The number of hydrogen-bond donors (Lipinski definition) is 0. The highest BCUT2D eigenvalue weighted by Gasteiger charge is 2.12. The SMILES string of the molecule is CCCCCCC(c1ccccc1)c1ccccc1.Cl. The lowest BCUT2D eigenvalue weighted by Crippen LogP contribution is -2.01. The molecule has 0 aliphatic heterocycles. The van der Waals surface area contributed by atoms with Crippen molar-refractivity contribution in [3.63, 3.8) is 0 Å².